The van der Waals surface area contributed by atoms with Gasteiger partial charge in [-0.2, -0.15) is 5.10 Å². The molecule has 6 nitrogen and oxygen atoms in total. The molecule has 0 aliphatic carbocycles. The van der Waals surface area contributed by atoms with E-state index in [0.717, 1.165) is 0 Å². The third-order valence-electron chi connectivity index (χ3n) is 2.99. The van der Waals surface area contributed by atoms with Crippen LogP contribution >= 0.6 is 0 Å². The zero-order valence-corrected chi connectivity index (χ0v) is 11.0. The second kappa shape index (κ2) is 5.20. The molecule has 0 unspecified atom stereocenters. The van der Waals surface area contributed by atoms with Crippen LogP contribution in [-0.2, 0) is 6.54 Å². The molecule has 0 N–H and O–H groups in total. The van der Waals surface area contributed by atoms with Crippen molar-refractivity contribution in [3.05, 3.63) is 57.1 Å². The summed E-state index contributed by atoms with van der Waals surface area (Å²) in [5, 5.41) is 14.9. The van der Waals surface area contributed by atoms with Crippen molar-refractivity contribution in [2.75, 3.05) is 0 Å². The maximum Gasteiger partial charge on any atom is 0.312 e. The van der Waals surface area contributed by atoms with E-state index in [-0.39, 0.29) is 23.7 Å². The SMILES string of the molecule is Cc1nn(CC(=O)c2ccc(F)cc2)c(C)c1[N+](=O)[O-]. The van der Waals surface area contributed by atoms with Gasteiger partial charge in [0.05, 0.1) is 4.92 Å². The van der Waals surface area contributed by atoms with Crippen molar-refractivity contribution in [3.8, 4) is 0 Å². The minimum absolute atomic E-state index is 0.0862. The molecule has 0 bridgehead atoms. The molecule has 1 heterocycles. The van der Waals surface area contributed by atoms with Crippen LogP contribution in [-0.4, -0.2) is 20.5 Å². The number of carbonyl (C=O) groups is 1. The number of benzene rings is 1. The highest BCUT2D eigenvalue weighted by molar-refractivity contribution is 5.95. The summed E-state index contributed by atoms with van der Waals surface area (Å²) in [6.45, 7) is 2.94. The molecule has 1 aromatic heterocycles. The standard InChI is InChI=1S/C13H12FN3O3/c1-8-13(17(19)20)9(2)16(15-8)7-12(18)10-3-5-11(14)6-4-10/h3-6H,7H2,1-2H3. The number of nitrogens with zero attached hydrogens (tertiary/aromatic N) is 3. The molecule has 7 heteroatoms. The van der Waals surface area contributed by atoms with Gasteiger partial charge in [-0.05, 0) is 38.1 Å². The zero-order chi connectivity index (χ0) is 14.9. The normalized spacial score (nSPS) is 10.6. The quantitative estimate of drug-likeness (QED) is 0.488. The van der Waals surface area contributed by atoms with Crippen LogP contribution in [0.1, 0.15) is 21.7 Å². The van der Waals surface area contributed by atoms with Gasteiger partial charge >= 0.3 is 5.69 Å². The summed E-state index contributed by atoms with van der Waals surface area (Å²) < 4.78 is 14.1. The molecular formula is C13H12FN3O3. The summed E-state index contributed by atoms with van der Waals surface area (Å²) in [5.74, 6) is -0.714. The molecule has 0 atom stereocenters. The first-order chi connectivity index (χ1) is 9.40. The molecule has 104 valence electrons. The van der Waals surface area contributed by atoms with Crippen LogP contribution in [0, 0.1) is 29.8 Å². The fourth-order valence-corrected chi connectivity index (χ4v) is 1.97. The Bertz CT molecular complexity index is 677. The summed E-state index contributed by atoms with van der Waals surface area (Å²) in [7, 11) is 0. The van der Waals surface area contributed by atoms with Crippen LogP contribution in [0.5, 0.6) is 0 Å². The molecule has 20 heavy (non-hydrogen) atoms. The van der Waals surface area contributed by atoms with Crippen LogP contribution in [0.25, 0.3) is 0 Å². The van der Waals surface area contributed by atoms with Gasteiger partial charge in [-0.25, -0.2) is 4.39 Å². The molecule has 0 aliphatic heterocycles. The van der Waals surface area contributed by atoms with Gasteiger partial charge in [-0.3, -0.25) is 19.6 Å². The van der Waals surface area contributed by atoms with Crippen LogP contribution in [0.2, 0.25) is 0 Å². The van der Waals surface area contributed by atoms with Crippen molar-refractivity contribution in [1.29, 1.82) is 0 Å². The van der Waals surface area contributed by atoms with Crippen LogP contribution in [0.4, 0.5) is 10.1 Å². The van der Waals surface area contributed by atoms with E-state index >= 15 is 0 Å². The highest BCUT2D eigenvalue weighted by Crippen LogP contribution is 2.22. The zero-order valence-electron chi connectivity index (χ0n) is 11.0. The minimum Gasteiger partial charge on any atom is -0.292 e. The largest absolute Gasteiger partial charge is 0.312 e. The minimum atomic E-state index is -0.517. The molecule has 0 amide bonds. The lowest BCUT2D eigenvalue weighted by molar-refractivity contribution is -0.386. The summed E-state index contributed by atoms with van der Waals surface area (Å²) in [6.07, 6.45) is 0. The van der Waals surface area contributed by atoms with Gasteiger partial charge in [0.15, 0.2) is 5.78 Å². The van der Waals surface area contributed by atoms with Gasteiger partial charge in [-0.1, -0.05) is 0 Å². The molecule has 0 radical (unpaired) electrons. The number of hydrogen-bond donors (Lipinski definition) is 0. The van der Waals surface area contributed by atoms with Crippen LogP contribution < -0.4 is 0 Å². The lowest BCUT2D eigenvalue weighted by atomic mass is 10.1. The average molecular weight is 277 g/mol. The molecule has 1 aromatic carbocycles. The number of aromatic nitrogens is 2. The highest BCUT2D eigenvalue weighted by atomic mass is 19.1. The van der Waals surface area contributed by atoms with Crippen molar-refractivity contribution in [2.45, 2.75) is 20.4 Å². The van der Waals surface area contributed by atoms with Crippen molar-refractivity contribution in [3.63, 3.8) is 0 Å². The second-order valence-electron chi connectivity index (χ2n) is 4.36. The average Bonchev–Trinajstić information content (AvgIpc) is 2.65. The van der Waals surface area contributed by atoms with Crippen molar-refractivity contribution in [2.24, 2.45) is 0 Å². The van der Waals surface area contributed by atoms with Crippen molar-refractivity contribution >= 4 is 11.5 Å². The number of nitro groups is 1. The second-order valence-corrected chi connectivity index (χ2v) is 4.36. The number of rotatable bonds is 4. The van der Waals surface area contributed by atoms with Crippen LogP contribution in [0.15, 0.2) is 24.3 Å². The number of aryl methyl sites for hydroxylation is 1. The van der Waals surface area contributed by atoms with Gasteiger partial charge in [0.25, 0.3) is 0 Å². The first-order valence-electron chi connectivity index (χ1n) is 5.87. The van der Waals surface area contributed by atoms with Gasteiger partial charge in [0.2, 0.25) is 0 Å². The molecule has 0 aliphatic rings. The number of Topliss-reactive ketones (excluding diaryl/α,β-unsaturated/α-hetero) is 1. The molecule has 0 saturated heterocycles. The summed E-state index contributed by atoms with van der Waals surface area (Å²) >= 11 is 0. The van der Waals surface area contributed by atoms with Gasteiger partial charge in [-0.15, -0.1) is 0 Å². The van der Waals surface area contributed by atoms with E-state index in [0.29, 0.717) is 11.3 Å². The monoisotopic (exact) mass is 277 g/mol. The number of carbonyl (C=O) groups excluding carboxylic acids is 1. The highest BCUT2D eigenvalue weighted by Gasteiger charge is 2.22. The van der Waals surface area contributed by atoms with Crippen molar-refractivity contribution < 1.29 is 14.1 Å². The number of halogens is 1. The molecular weight excluding hydrogens is 265 g/mol. The van der Waals surface area contributed by atoms with E-state index < -0.39 is 10.7 Å². The molecule has 0 spiro atoms. The Morgan fingerprint density at radius 1 is 1.35 bits per heavy atom. The number of hydrogen-bond acceptors (Lipinski definition) is 4. The van der Waals surface area contributed by atoms with Crippen LogP contribution in [0.3, 0.4) is 0 Å². The first-order valence-corrected chi connectivity index (χ1v) is 5.87. The lowest BCUT2D eigenvalue weighted by Gasteiger charge is -2.03. The van der Waals surface area contributed by atoms with E-state index in [1.807, 2.05) is 0 Å². The molecule has 0 fully saturated rings. The van der Waals surface area contributed by atoms with E-state index in [4.69, 9.17) is 0 Å². The predicted molar refractivity (Wildman–Crippen MR) is 69.1 cm³/mol. The van der Waals surface area contributed by atoms with Gasteiger partial charge < -0.3 is 0 Å². The fourth-order valence-electron chi connectivity index (χ4n) is 1.97. The fraction of sp³-hybridized carbons (Fsp3) is 0.231. The summed E-state index contributed by atoms with van der Waals surface area (Å²) in [6, 6.07) is 5.13. The topological polar surface area (TPSA) is 78.0 Å². The molecule has 2 rings (SSSR count). The Kier molecular flexibility index (Phi) is 3.60. The number of ketones is 1. The van der Waals surface area contributed by atoms with E-state index in [1.54, 1.807) is 0 Å². The van der Waals surface area contributed by atoms with Gasteiger partial charge in [0, 0.05) is 5.56 Å². The van der Waals surface area contributed by atoms with E-state index in [1.165, 1.54) is 42.8 Å². The maximum absolute atomic E-state index is 12.8. The molecule has 2 aromatic rings. The Morgan fingerprint density at radius 3 is 2.45 bits per heavy atom. The Morgan fingerprint density at radius 2 is 1.95 bits per heavy atom. The summed E-state index contributed by atoms with van der Waals surface area (Å²) in [4.78, 5) is 22.4. The smallest absolute Gasteiger partial charge is 0.292 e. The lowest BCUT2D eigenvalue weighted by Crippen LogP contribution is -2.13. The Hall–Kier alpha value is -2.57. The predicted octanol–water partition coefficient (Wildman–Crippen LogP) is 2.43. The third kappa shape index (κ3) is 2.56. The van der Waals surface area contributed by atoms with E-state index in [9.17, 15) is 19.3 Å². The Balaban J connectivity index is 2.26. The molecule has 0 saturated carbocycles. The maximum atomic E-state index is 12.8. The third-order valence-corrected chi connectivity index (χ3v) is 2.99. The summed E-state index contributed by atoms with van der Waals surface area (Å²) in [5.41, 5.74) is 0.834. The van der Waals surface area contributed by atoms with E-state index in [2.05, 4.69) is 5.10 Å². The van der Waals surface area contributed by atoms with Crippen molar-refractivity contribution in [1.82, 2.24) is 9.78 Å². The first kappa shape index (κ1) is 13.9. The van der Waals surface area contributed by atoms with Gasteiger partial charge in [0.1, 0.15) is 23.7 Å². The Labute approximate surface area is 114 Å².